The Bertz CT molecular complexity index is 701. The van der Waals surface area contributed by atoms with Gasteiger partial charge in [-0.1, -0.05) is 39.8 Å². The van der Waals surface area contributed by atoms with Crippen LogP contribution in [0.4, 0.5) is 5.69 Å². The summed E-state index contributed by atoms with van der Waals surface area (Å²) in [6.45, 7) is 8.21. The summed E-state index contributed by atoms with van der Waals surface area (Å²) in [4.78, 5) is 23.1. The van der Waals surface area contributed by atoms with Crippen molar-refractivity contribution in [2.45, 2.75) is 46.0 Å². The monoisotopic (exact) mass is 329 g/mol. The zero-order valence-corrected chi connectivity index (χ0v) is 14.4. The molecule has 0 radical (unpaired) electrons. The zero-order chi connectivity index (χ0) is 17.9. The van der Waals surface area contributed by atoms with Crippen LogP contribution in [0.2, 0.25) is 0 Å². The number of rotatable bonds is 6. The van der Waals surface area contributed by atoms with Gasteiger partial charge in [-0.05, 0) is 35.2 Å². The topological polar surface area (TPSA) is 79.5 Å². The molecule has 0 saturated heterocycles. The second kappa shape index (κ2) is 7.34. The second-order valence-electron chi connectivity index (χ2n) is 6.46. The number of carboxylic acid groups (broad SMARTS) is 1. The van der Waals surface area contributed by atoms with E-state index in [1.807, 2.05) is 13.8 Å². The molecule has 24 heavy (non-hydrogen) atoms. The van der Waals surface area contributed by atoms with Crippen LogP contribution >= 0.6 is 0 Å². The molecule has 0 aliphatic rings. The minimum atomic E-state index is -0.884. The molecule has 5 heteroatoms. The van der Waals surface area contributed by atoms with Crippen molar-refractivity contribution in [3.05, 3.63) is 53.0 Å². The number of carbonyl (C=O) groups excluding carboxylic acids is 1. The first kappa shape index (κ1) is 17.8. The lowest BCUT2D eigenvalue weighted by Crippen LogP contribution is -2.11. The molecular weight excluding hydrogens is 306 g/mol. The Morgan fingerprint density at radius 2 is 1.71 bits per heavy atom. The summed E-state index contributed by atoms with van der Waals surface area (Å²) in [6, 6.07) is 8.54. The number of nitrogens with one attached hydrogen (secondary N) is 1. The number of furan rings is 1. The van der Waals surface area contributed by atoms with Crippen molar-refractivity contribution in [1.29, 1.82) is 0 Å². The number of carboxylic acids is 1. The minimum Gasteiger partial charge on any atom is -0.481 e. The van der Waals surface area contributed by atoms with Gasteiger partial charge in [0.1, 0.15) is 5.76 Å². The van der Waals surface area contributed by atoms with Crippen molar-refractivity contribution < 1.29 is 19.1 Å². The third-order valence-corrected chi connectivity index (χ3v) is 3.73. The number of amides is 1. The standard InChI is InChI=1S/C19H23NO4/c1-11(2)15-10-16(24-18(15)12(3)4)19(23)20-14-7-5-13(6-8-14)9-17(21)22/h5-8,10-12H,9H2,1-4H3,(H,20,23)(H,21,22). The van der Waals surface area contributed by atoms with Gasteiger partial charge in [-0.25, -0.2) is 0 Å². The van der Waals surface area contributed by atoms with Crippen molar-refractivity contribution in [3.8, 4) is 0 Å². The highest BCUT2D eigenvalue weighted by Gasteiger charge is 2.20. The predicted octanol–water partition coefficient (Wildman–Crippen LogP) is 4.41. The van der Waals surface area contributed by atoms with Crippen LogP contribution in [0.1, 0.15) is 67.0 Å². The third kappa shape index (κ3) is 4.25. The Labute approximate surface area is 141 Å². The SMILES string of the molecule is CC(C)c1cc(C(=O)Nc2ccc(CC(=O)O)cc2)oc1C(C)C. The molecule has 1 aromatic heterocycles. The summed E-state index contributed by atoms with van der Waals surface area (Å²) in [7, 11) is 0. The van der Waals surface area contributed by atoms with Crippen LogP contribution < -0.4 is 5.32 Å². The van der Waals surface area contributed by atoms with Gasteiger partial charge in [0, 0.05) is 11.6 Å². The summed E-state index contributed by atoms with van der Waals surface area (Å²) >= 11 is 0. The lowest BCUT2D eigenvalue weighted by molar-refractivity contribution is -0.136. The average Bonchev–Trinajstić information content (AvgIpc) is 2.94. The van der Waals surface area contributed by atoms with Crippen LogP contribution in [0.3, 0.4) is 0 Å². The molecule has 128 valence electrons. The first-order valence-electron chi connectivity index (χ1n) is 8.03. The maximum absolute atomic E-state index is 12.4. The highest BCUT2D eigenvalue weighted by molar-refractivity contribution is 6.02. The van der Waals surface area contributed by atoms with Gasteiger partial charge in [0.25, 0.3) is 5.91 Å². The molecule has 0 fully saturated rings. The van der Waals surface area contributed by atoms with Gasteiger partial charge in [0.2, 0.25) is 0 Å². The molecule has 0 atom stereocenters. The van der Waals surface area contributed by atoms with Gasteiger partial charge in [-0.15, -0.1) is 0 Å². The smallest absolute Gasteiger partial charge is 0.307 e. The van der Waals surface area contributed by atoms with Crippen LogP contribution in [0.25, 0.3) is 0 Å². The van der Waals surface area contributed by atoms with E-state index in [2.05, 4.69) is 19.2 Å². The lowest BCUT2D eigenvalue weighted by atomic mass is 9.98. The van der Waals surface area contributed by atoms with Crippen LogP contribution in [-0.2, 0) is 11.2 Å². The van der Waals surface area contributed by atoms with Gasteiger partial charge in [0.15, 0.2) is 5.76 Å². The number of hydrogen-bond donors (Lipinski definition) is 2. The molecule has 0 spiro atoms. The van der Waals surface area contributed by atoms with Crippen molar-refractivity contribution in [2.75, 3.05) is 5.32 Å². The van der Waals surface area contributed by atoms with E-state index in [0.717, 1.165) is 11.3 Å². The first-order valence-corrected chi connectivity index (χ1v) is 8.03. The van der Waals surface area contributed by atoms with Crippen molar-refractivity contribution >= 4 is 17.6 Å². The van der Waals surface area contributed by atoms with E-state index in [-0.39, 0.29) is 29.9 Å². The maximum atomic E-state index is 12.4. The average molecular weight is 329 g/mol. The Hall–Kier alpha value is -2.56. The summed E-state index contributed by atoms with van der Waals surface area (Å²) in [5.74, 6) is 0.422. The molecular formula is C19H23NO4. The molecule has 0 bridgehead atoms. The summed E-state index contributed by atoms with van der Waals surface area (Å²) < 4.78 is 5.76. The largest absolute Gasteiger partial charge is 0.481 e. The molecule has 0 aliphatic carbocycles. The van der Waals surface area contributed by atoms with Crippen molar-refractivity contribution in [2.24, 2.45) is 0 Å². The molecule has 0 unspecified atom stereocenters. The Kier molecular flexibility index (Phi) is 5.44. The van der Waals surface area contributed by atoms with E-state index >= 15 is 0 Å². The third-order valence-electron chi connectivity index (χ3n) is 3.73. The Morgan fingerprint density at radius 3 is 2.17 bits per heavy atom. The van der Waals surface area contributed by atoms with E-state index < -0.39 is 5.97 Å². The molecule has 1 heterocycles. The molecule has 2 N–H and O–H groups in total. The van der Waals surface area contributed by atoms with Crippen molar-refractivity contribution in [3.63, 3.8) is 0 Å². The van der Waals surface area contributed by atoms with E-state index in [9.17, 15) is 9.59 Å². The molecule has 1 amide bonds. The van der Waals surface area contributed by atoms with Crippen LogP contribution in [0, 0.1) is 0 Å². The highest BCUT2D eigenvalue weighted by Crippen LogP contribution is 2.29. The number of aliphatic carboxylic acids is 1. The lowest BCUT2D eigenvalue weighted by Gasteiger charge is -2.07. The van der Waals surface area contributed by atoms with Gasteiger partial charge < -0.3 is 14.8 Å². The van der Waals surface area contributed by atoms with Crippen molar-refractivity contribution in [1.82, 2.24) is 0 Å². The zero-order valence-electron chi connectivity index (χ0n) is 14.4. The summed E-state index contributed by atoms with van der Waals surface area (Å²) in [5.41, 5.74) is 2.33. The van der Waals surface area contributed by atoms with Gasteiger partial charge in [0.05, 0.1) is 6.42 Å². The Balaban J connectivity index is 2.15. The normalized spacial score (nSPS) is 11.1. The quantitative estimate of drug-likeness (QED) is 0.823. The second-order valence-corrected chi connectivity index (χ2v) is 6.46. The van der Waals surface area contributed by atoms with Gasteiger partial charge in [-0.3, -0.25) is 9.59 Å². The molecule has 2 aromatic rings. The molecule has 0 saturated carbocycles. The minimum absolute atomic E-state index is 0.0398. The summed E-state index contributed by atoms with van der Waals surface area (Å²) in [6.07, 6.45) is -0.0398. The van der Waals surface area contributed by atoms with E-state index in [0.29, 0.717) is 11.3 Å². The number of carbonyl (C=O) groups is 2. The molecule has 0 aliphatic heterocycles. The maximum Gasteiger partial charge on any atom is 0.307 e. The van der Waals surface area contributed by atoms with E-state index in [1.165, 1.54) is 0 Å². The number of benzene rings is 1. The van der Waals surface area contributed by atoms with Gasteiger partial charge in [-0.2, -0.15) is 0 Å². The summed E-state index contributed by atoms with van der Waals surface area (Å²) in [5, 5.41) is 11.5. The first-order chi connectivity index (χ1) is 11.3. The fraction of sp³-hybridized carbons (Fsp3) is 0.368. The fourth-order valence-corrected chi connectivity index (χ4v) is 2.51. The molecule has 1 aromatic carbocycles. The predicted molar refractivity (Wildman–Crippen MR) is 92.6 cm³/mol. The van der Waals surface area contributed by atoms with Crippen LogP contribution in [0.15, 0.2) is 34.7 Å². The van der Waals surface area contributed by atoms with Crippen LogP contribution in [-0.4, -0.2) is 17.0 Å². The molecule has 2 rings (SSSR count). The van der Waals surface area contributed by atoms with E-state index in [1.54, 1.807) is 30.3 Å². The number of hydrogen-bond acceptors (Lipinski definition) is 3. The molecule has 5 nitrogen and oxygen atoms in total. The Morgan fingerprint density at radius 1 is 1.08 bits per heavy atom. The highest BCUT2D eigenvalue weighted by atomic mass is 16.4. The van der Waals surface area contributed by atoms with Crippen LogP contribution in [0.5, 0.6) is 0 Å². The number of anilines is 1. The fourth-order valence-electron chi connectivity index (χ4n) is 2.51. The van der Waals surface area contributed by atoms with Gasteiger partial charge >= 0.3 is 5.97 Å². The van der Waals surface area contributed by atoms with E-state index in [4.69, 9.17) is 9.52 Å².